The fourth-order valence-corrected chi connectivity index (χ4v) is 1.62. The topological polar surface area (TPSA) is 72.6 Å². The largest absolute Gasteiger partial charge is 0.507 e. The predicted molar refractivity (Wildman–Crippen MR) is 68.9 cm³/mol. The summed E-state index contributed by atoms with van der Waals surface area (Å²) in [6.45, 7) is 0. The van der Waals surface area contributed by atoms with Crippen molar-refractivity contribution < 1.29 is 27.8 Å². The lowest BCUT2D eigenvalue weighted by molar-refractivity contribution is -0.137. The Kier molecular flexibility index (Phi) is 3.75. The molecule has 0 heterocycles. The Hall–Kier alpha value is -2.70. The van der Waals surface area contributed by atoms with E-state index < -0.39 is 23.5 Å². The highest BCUT2D eigenvalue weighted by Gasteiger charge is 2.30. The minimum absolute atomic E-state index is 0.193. The van der Waals surface area contributed by atoms with E-state index in [0.717, 1.165) is 18.2 Å². The third-order valence-electron chi connectivity index (χ3n) is 2.61. The maximum Gasteiger partial charge on any atom is 0.416 e. The molecule has 0 amide bonds. The van der Waals surface area contributed by atoms with Gasteiger partial charge in [0.1, 0.15) is 17.1 Å². The van der Waals surface area contributed by atoms with Crippen molar-refractivity contribution in [3.8, 4) is 11.5 Å². The van der Waals surface area contributed by atoms with Gasteiger partial charge in [-0.05, 0) is 30.3 Å². The minimum atomic E-state index is -4.54. The molecular formula is C14H10F3NO3. The van der Waals surface area contributed by atoms with E-state index in [1.807, 2.05) is 0 Å². The molecule has 2 rings (SSSR count). The Bertz CT molecular complexity index is 683. The SMILES string of the molecule is Nc1ccc(C(=O)Oc2cccc(C(F)(F)F)c2)c(O)c1. The Labute approximate surface area is 117 Å². The highest BCUT2D eigenvalue weighted by atomic mass is 19.4. The summed E-state index contributed by atoms with van der Waals surface area (Å²) in [5, 5.41) is 9.56. The lowest BCUT2D eigenvalue weighted by Gasteiger charge is -2.10. The second-order valence-corrected chi connectivity index (χ2v) is 4.19. The summed E-state index contributed by atoms with van der Waals surface area (Å²) in [6, 6.07) is 7.62. The fraction of sp³-hybridized carbons (Fsp3) is 0.0714. The summed E-state index contributed by atoms with van der Waals surface area (Å²) in [4.78, 5) is 11.8. The maximum atomic E-state index is 12.5. The van der Waals surface area contributed by atoms with E-state index in [1.54, 1.807) is 0 Å². The summed E-state index contributed by atoms with van der Waals surface area (Å²) in [7, 11) is 0. The van der Waals surface area contributed by atoms with Crippen LogP contribution in [0.3, 0.4) is 0 Å². The number of carbonyl (C=O) groups is 1. The number of nitrogens with two attached hydrogens (primary N) is 1. The van der Waals surface area contributed by atoms with Crippen molar-refractivity contribution in [1.82, 2.24) is 0 Å². The average molecular weight is 297 g/mol. The molecule has 0 saturated carbocycles. The molecule has 0 spiro atoms. The normalized spacial score (nSPS) is 11.2. The average Bonchev–Trinajstić information content (AvgIpc) is 2.37. The first-order valence-electron chi connectivity index (χ1n) is 5.75. The van der Waals surface area contributed by atoms with Crippen LogP contribution in [0.4, 0.5) is 18.9 Å². The van der Waals surface area contributed by atoms with Gasteiger partial charge in [0.2, 0.25) is 0 Å². The molecule has 0 aliphatic heterocycles. The highest BCUT2D eigenvalue weighted by Crippen LogP contribution is 2.31. The molecule has 0 atom stereocenters. The first-order valence-corrected chi connectivity index (χ1v) is 5.75. The van der Waals surface area contributed by atoms with Gasteiger partial charge in [0.15, 0.2) is 0 Å². The molecule has 0 bridgehead atoms. The molecule has 3 N–H and O–H groups in total. The third-order valence-corrected chi connectivity index (χ3v) is 2.61. The van der Waals surface area contributed by atoms with E-state index in [1.165, 1.54) is 18.2 Å². The number of ether oxygens (including phenoxy) is 1. The van der Waals surface area contributed by atoms with Crippen LogP contribution in [0, 0.1) is 0 Å². The van der Waals surface area contributed by atoms with Gasteiger partial charge >= 0.3 is 12.1 Å². The molecule has 2 aromatic carbocycles. The van der Waals surface area contributed by atoms with Crippen LogP contribution in [0.2, 0.25) is 0 Å². The zero-order chi connectivity index (χ0) is 15.6. The smallest absolute Gasteiger partial charge is 0.416 e. The summed E-state index contributed by atoms with van der Waals surface area (Å²) < 4.78 is 42.4. The number of carbonyl (C=O) groups excluding carboxylic acids is 1. The number of hydrogen-bond donors (Lipinski definition) is 2. The van der Waals surface area contributed by atoms with Gasteiger partial charge < -0.3 is 15.6 Å². The quantitative estimate of drug-likeness (QED) is 0.507. The number of hydrogen-bond acceptors (Lipinski definition) is 4. The fourth-order valence-electron chi connectivity index (χ4n) is 1.62. The molecule has 4 nitrogen and oxygen atoms in total. The van der Waals surface area contributed by atoms with E-state index >= 15 is 0 Å². The molecule has 0 fully saturated rings. The van der Waals surface area contributed by atoms with Crippen molar-refractivity contribution in [1.29, 1.82) is 0 Å². The molecule has 7 heteroatoms. The molecular weight excluding hydrogens is 287 g/mol. The third kappa shape index (κ3) is 3.44. The van der Waals surface area contributed by atoms with E-state index in [2.05, 4.69) is 0 Å². The number of anilines is 1. The number of aromatic hydroxyl groups is 1. The zero-order valence-corrected chi connectivity index (χ0v) is 10.5. The maximum absolute atomic E-state index is 12.5. The van der Waals surface area contributed by atoms with Crippen LogP contribution < -0.4 is 10.5 Å². The summed E-state index contributed by atoms with van der Waals surface area (Å²) in [5.74, 6) is -1.66. The standard InChI is InChI=1S/C14H10F3NO3/c15-14(16,17)8-2-1-3-10(6-8)21-13(20)11-5-4-9(18)7-12(11)19/h1-7,19H,18H2. The number of phenols is 1. The Morgan fingerprint density at radius 3 is 2.48 bits per heavy atom. The predicted octanol–water partition coefficient (Wildman–Crippen LogP) is 3.21. The Morgan fingerprint density at radius 2 is 1.86 bits per heavy atom. The van der Waals surface area contributed by atoms with Crippen LogP contribution in [-0.4, -0.2) is 11.1 Å². The van der Waals surface area contributed by atoms with Crippen LogP contribution in [0.15, 0.2) is 42.5 Å². The van der Waals surface area contributed by atoms with Crippen molar-refractivity contribution in [3.05, 3.63) is 53.6 Å². The number of nitrogen functional groups attached to an aromatic ring is 1. The van der Waals surface area contributed by atoms with E-state index in [0.29, 0.717) is 6.07 Å². The Balaban J connectivity index is 2.24. The number of esters is 1. The van der Waals surface area contributed by atoms with E-state index in [-0.39, 0.29) is 17.0 Å². The number of phenolic OH excluding ortho intramolecular Hbond substituents is 1. The number of rotatable bonds is 2. The van der Waals surface area contributed by atoms with E-state index in [4.69, 9.17) is 10.5 Å². The molecule has 0 aromatic heterocycles. The first-order chi connectivity index (χ1) is 9.77. The number of alkyl halides is 3. The molecule has 0 saturated heterocycles. The van der Waals surface area contributed by atoms with E-state index in [9.17, 15) is 23.1 Å². The van der Waals surface area contributed by atoms with Gasteiger partial charge in [-0.2, -0.15) is 13.2 Å². The van der Waals surface area contributed by atoms with Gasteiger partial charge in [-0.25, -0.2) is 4.79 Å². The monoisotopic (exact) mass is 297 g/mol. The second kappa shape index (κ2) is 5.35. The second-order valence-electron chi connectivity index (χ2n) is 4.19. The minimum Gasteiger partial charge on any atom is -0.507 e. The van der Waals surface area contributed by atoms with Gasteiger partial charge in [-0.15, -0.1) is 0 Å². The van der Waals surface area contributed by atoms with Crippen molar-refractivity contribution >= 4 is 11.7 Å². The molecule has 21 heavy (non-hydrogen) atoms. The van der Waals surface area contributed by atoms with Gasteiger partial charge in [0, 0.05) is 11.8 Å². The molecule has 0 unspecified atom stereocenters. The van der Waals surface area contributed by atoms with Crippen molar-refractivity contribution in [2.75, 3.05) is 5.73 Å². The molecule has 0 radical (unpaired) electrons. The lowest BCUT2D eigenvalue weighted by atomic mass is 10.2. The summed E-state index contributed by atoms with van der Waals surface area (Å²) >= 11 is 0. The van der Waals surface area contributed by atoms with Crippen LogP contribution in [0.25, 0.3) is 0 Å². The summed E-state index contributed by atoms with van der Waals surface area (Å²) in [5.41, 5.74) is 4.52. The number of benzene rings is 2. The van der Waals surface area contributed by atoms with Crippen LogP contribution in [0.5, 0.6) is 11.5 Å². The molecule has 110 valence electrons. The van der Waals surface area contributed by atoms with Crippen molar-refractivity contribution in [3.63, 3.8) is 0 Å². The molecule has 0 aliphatic carbocycles. The first kappa shape index (κ1) is 14.7. The molecule has 2 aromatic rings. The van der Waals surface area contributed by atoms with Crippen molar-refractivity contribution in [2.45, 2.75) is 6.18 Å². The van der Waals surface area contributed by atoms with Gasteiger partial charge in [-0.3, -0.25) is 0 Å². The Morgan fingerprint density at radius 1 is 1.14 bits per heavy atom. The van der Waals surface area contributed by atoms with Crippen LogP contribution in [-0.2, 0) is 6.18 Å². The van der Waals surface area contributed by atoms with Gasteiger partial charge in [0.25, 0.3) is 0 Å². The van der Waals surface area contributed by atoms with Crippen LogP contribution >= 0.6 is 0 Å². The van der Waals surface area contributed by atoms with Gasteiger partial charge in [-0.1, -0.05) is 6.07 Å². The molecule has 0 aliphatic rings. The number of halogens is 3. The summed E-state index contributed by atoms with van der Waals surface area (Å²) in [6.07, 6.45) is -4.54. The lowest BCUT2D eigenvalue weighted by Crippen LogP contribution is -2.10. The van der Waals surface area contributed by atoms with Crippen molar-refractivity contribution in [2.24, 2.45) is 0 Å². The van der Waals surface area contributed by atoms with Gasteiger partial charge in [0.05, 0.1) is 5.56 Å². The highest BCUT2D eigenvalue weighted by molar-refractivity contribution is 5.94. The zero-order valence-electron chi connectivity index (χ0n) is 10.5. The van der Waals surface area contributed by atoms with Crippen LogP contribution in [0.1, 0.15) is 15.9 Å².